The van der Waals surface area contributed by atoms with Crippen molar-refractivity contribution in [3.63, 3.8) is 0 Å². The predicted molar refractivity (Wildman–Crippen MR) is 106 cm³/mol. The number of hydrogen-bond donors (Lipinski definition) is 1. The summed E-state index contributed by atoms with van der Waals surface area (Å²) in [4.78, 5) is 16.3. The molecule has 0 atom stereocenters. The Labute approximate surface area is 166 Å². The molecule has 0 saturated carbocycles. The van der Waals surface area contributed by atoms with Crippen LogP contribution in [0.25, 0.3) is 11.4 Å². The highest BCUT2D eigenvalue weighted by atomic mass is 35.5. The van der Waals surface area contributed by atoms with Crippen molar-refractivity contribution < 1.29 is 14.1 Å². The summed E-state index contributed by atoms with van der Waals surface area (Å²) in [6.07, 6.45) is 0. The van der Waals surface area contributed by atoms with Crippen LogP contribution in [0.1, 0.15) is 11.5 Å². The van der Waals surface area contributed by atoms with Crippen LogP contribution in [0.15, 0.2) is 53.1 Å². The fourth-order valence-electron chi connectivity index (χ4n) is 2.35. The summed E-state index contributed by atoms with van der Waals surface area (Å²) in [6.45, 7) is 0.421. The standard InChI is InChI=1S/C19H18ClN3O3S/c1-25-16-5-3-2-4-14(16)10-21-17(24)11-27-12-18-22-19(23-26-18)13-6-8-15(20)9-7-13/h2-9H,10-12H2,1H3,(H,21,24). The summed E-state index contributed by atoms with van der Waals surface area (Å²) in [7, 11) is 1.61. The molecule has 1 aromatic heterocycles. The third kappa shape index (κ3) is 5.48. The number of rotatable bonds is 8. The van der Waals surface area contributed by atoms with E-state index in [9.17, 15) is 4.79 Å². The number of nitrogens with zero attached hydrogens (tertiary/aromatic N) is 2. The molecule has 0 saturated heterocycles. The van der Waals surface area contributed by atoms with Crippen LogP contribution in [0, 0.1) is 0 Å². The lowest BCUT2D eigenvalue weighted by Crippen LogP contribution is -2.24. The predicted octanol–water partition coefficient (Wildman–Crippen LogP) is 3.95. The highest BCUT2D eigenvalue weighted by Crippen LogP contribution is 2.20. The smallest absolute Gasteiger partial charge is 0.236 e. The third-order valence-corrected chi connectivity index (χ3v) is 4.87. The van der Waals surface area contributed by atoms with Crippen LogP contribution in [0.2, 0.25) is 5.02 Å². The van der Waals surface area contributed by atoms with Crippen LogP contribution < -0.4 is 10.1 Å². The van der Waals surface area contributed by atoms with Gasteiger partial charge in [0.2, 0.25) is 17.6 Å². The van der Waals surface area contributed by atoms with E-state index in [-0.39, 0.29) is 5.91 Å². The van der Waals surface area contributed by atoms with Crippen LogP contribution >= 0.6 is 23.4 Å². The van der Waals surface area contributed by atoms with E-state index in [0.29, 0.717) is 34.8 Å². The summed E-state index contributed by atoms with van der Waals surface area (Å²) < 4.78 is 10.5. The summed E-state index contributed by atoms with van der Waals surface area (Å²) in [5.41, 5.74) is 1.76. The van der Waals surface area contributed by atoms with Gasteiger partial charge in [-0.05, 0) is 30.3 Å². The molecule has 0 aliphatic heterocycles. The van der Waals surface area contributed by atoms with Gasteiger partial charge < -0.3 is 14.6 Å². The molecule has 0 aliphatic rings. The minimum Gasteiger partial charge on any atom is -0.496 e. The largest absolute Gasteiger partial charge is 0.496 e. The molecular weight excluding hydrogens is 386 g/mol. The Morgan fingerprint density at radius 1 is 1.22 bits per heavy atom. The first-order valence-electron chi connectivity index (χ1n) is 8.20. The van der Waals surface area contributed by atoms with E-state index in [1.54, 1.807) is 19.2 Å². The number of carbonyl (C=O) groups excluding carboxylic acids is 1. The zero-order chi connectivity index (χ0) is 19.1. The van der Waals surface area contributed by atoms with Gasteiger partial charge in [-0.1, -0.05) is 35.0 Å². The molecule has 2 aromatic carbocycles. The Balaban J connectivity index is 1.44. The molecule has 0 spiro atoms. The van der Waals surface area contributed by atoms with Crippen molar-refractivity contribution >= 4 is 29.3 Å². The SMILES string of the molecule is COc1ccccc1CNC(=O)CSCc1nc(-c2ccc(Cl)cc2)no1. The van der Waals surface area contributed by atoms with Gasteiger partial charge in [0.15, 0.2) is 0 Å². The quantitative estimate of drug-likeness (QED) is 0.613. The lowest BCUT2D eigenvalue weighted by molar-refractivity contribution is -0.118. The van der Waals surface area contributed by atoms with Crippen molar-refractivity contribution in [1.82, 2.24) is 15.5 Å². The van der Waals surface area contributed by atoms with Gasteiger partial charge in [-0.2, -0.15) is 4.98 Å². The van der Waals surface area contributed by atoms with Crippen LogP contribution in [0.5, 0.6) is 5.75 Å². The van der Waals surface area contributed by atoms with Gasteiger partial charge in [0, 0.05) is 22.7 Å². The lowest BCUT2D eigenvalue weighted by atomic mass is 10.2. The average molecular weight is 404 g/mol. The zero-order valence-electron chi connectivity index (χ0n) is 14.6. The van der Waals surface area contributed by atoms with Gasteiger partial charge in [0.05, 0.1) is 18.6 Å². The van der Waals surface area contributed by atoms with E-state index >= 15 is 0 Å². The molecule has 140 valence electrons. The number of aromatic nitrogens is 2. The Morgan fingerprint density at radius 3 is 2.78 bits per heavy atom. The number of benzene rings is 2. The summed E-state index contributed by atoms with van der Waals surface area (Å²) >= 11 is 7.28. The van der Waals surface area contributed by atoms with E-state index in [1.807, 2.05) is 36.4 Å². The van der Waals surface area contributed by atoms with Crippen molar-refractivity contribution in [2.75, 3.05) is 12.9 Å². The molecule has 1 N–H and O–H groups in total. The minimum absolute atomic E-state index is 0.0663. The molecule has 3 aromatic rings. The molecular formula is C19H18ClN3O3S. The number of ether oxygens (including phenoxy) is 1. The fraction of sp³-hybridized carbons (Fsp3) is 0.211. The van der Waals surface area contributed by atoms with Gasteiger partial charge in [-0.3, -0.25) is 4.79 Å². The van der Waals surface area contributed by atoms with Gasteiger partial charge in [-0.25, -0.2) is 0 Å². The second-order valence-corrected chi connectivity index (χ2v) is 7.02. The topological polar surface area (TPSA) is 77.2 Å². The first-order valence-corrected chi connectivity index (χ1v) is 9.74. The van der Waals surface area contributed by atoms with Crippen molar-refractivity contribution in [2.45, 2.75) is 12.3 Å². The number of methoxy groups -OCH3 is 1. The summed E-state index contributed by atoms with van der Waals surface area (Å²) in [5.74, 6) is 2.43. The number of thioether (sulfide) groups is 1. The van der Waals surface area contributed by atoms with Gasteiger partial charge in [-0.15, -0.1) is 11.8 Å². The molecule has 0 radical (unpaired) electrons. The molecule has 0 unspecified atom stereocenters. The van der Waals surface area contributed by atoms with Gasteiger partial charge in [0.25, 0.3) is 0 Å². The maximum Gasteiger partial charge on any atom is 0.236 e. The first kappa shape index (κ1) is 19.3. The maximum absolute atomic E-state index is 12.0. The second kappa shape index (κ2) is 9.43. The highest BCUT2D eigenvalue weighted by molar-refractivity contribution is 7.99. The Bertz CT molecular complexity index is 899. The average Bonchev–Trinajstić information content (AvgIpc) is 3.16. The molecule has 8 heteroatoms. The summed E-state index contributed by atoms with van der Waals surface area (Å²) in [5, 5.41) is 7.48. The second-order valence-electron chi connectivity index (χ2n) is 5.60. The molecule has 6 nitrogen and oxygen atoms in total. The Hall–Kier alpha value is -2.51. The number of hydrogen-bond acceptors (Lipinski definition) is 6. The molecule has 0 fully saturated rings. The van der Waals surface area contributed by atoms with Gasteiger partial charge >= 0.3 is 0 Å². The van der Waals surface area contributed by atoms with Crippen LogP contribution in [0.3, 0.4) is 0 Å². The monoisotopic (exact) mass is 403 g/mol. The third-order valence-electron chi connectivity index (χ3n) is 3.70. The van der Waals surface area contributed by atoms with Crippen molar-refractivity contribution in [2.24, 2.45) is 0 Å². The molecule has 1 amide bonds. The highest BCUT2D eigenvalue weighted by Gasteiger charge is 2.10. The Morgan fingerprint density at radius 2 is 2.00 bits per heavy atom. The lowest BCUT2D eigenvalue weighted by Gasteiger charge is -2.09. The maximum atomic E-state index is 12.0. The Kier molecular flexibility index (Phi) is 6.73. The normalized spacial score (nSPS) is 10.6. The number of nitrogens with one attached hydrogen (secondary N) is 1. The summed E-state index contributed by atoms with van der Waals surface area (Å²) in [6, 6.07) is 14.8. The van der Waals surface area contributed by atoms with E-state index in [1.165, 1.54) is 11.8 Å². The number of amides is 1. The molecule has 1 heterocycles. The molecule has 0 bridgehead atoms. The van der Waals surface area contributed by atoms with Gasteiger partial charge in [0.1, 0.15) is 5.75 Å². The van der Waals surface area contributed by atoms with Crippen molar-refractivity contribution in [3.8, 4) is 17.1 Å². The van der Waals surface area contributed by atoms with Crippen molar-refractivity contribution in [1.29, 1.82) is 0 Å². The molecule has 3 rings (SSSR count). The fourth-order valence-corrected chi connectivity index (χ4v) is 3.16. The minimum atomic E-state index is -0.0663. The van der Waals surface area contributed by atoms with E-state index in [2.05, 4.69) is 15.5 Å². The van der Waals surface area contributed by atoms with E-state index in [0.717, 1.165) is 16.9 Å². The van der Waals surface area contributed by atoms with Crippen LogP contribution in [0.4, 0.5) is 0 Å². The number of carbonyl (C=O) groups is 1. The van der Waals surface area contributed by atoms with Crippen LogP contribution in [-0.2, 0) is 17.1 Å². The molecule has 27 heavy (non-hydrogen) atoms. The van der Waals surface area contributed by atoms with Crippen molar-refractivity contribution in [3.05, 3.63) is 65.0 Å². The number of para-hydroxylation sites is 1. The zero-order valence-corrected chi connectivity index (χ0v) is 16.2. The van der Waals surface area contributed by atoms with E-state index < -0.39 is 0 Å². The molecule has 0 aliphatic carbocycles. The van der Waals surface area contributed by atoms with E-state index in [4.69, 9.17) is 20.9 Å². The number of halogens is 1. The first-order chi connectivity index (χ1) is 13.2. The van der Waals surface area contributed by atoms with Crippen LogP contribution in [-0.4, -0.2) is 28.9 Å².